The van der Waals surface area contributed by atoms with Gasteiger partial charge in [-0.25, -0.2) is 4.39 Å². The van der Waals surface area contributed by atoms with Gasteiger partial charge in [-0.3, -0.25) is 4.79 Å². The van der Waals surface area contributed by atoms with Crippen LogP contribution in [0, 0.1) is 28.5 Å². The van der Waals surface area contributed by atoms with Crippen LogP contribution in [0.3, 0.4) is 0 Å². The van der Waals surface area contributed by atoms with Crippen molar-refractivity contribution in [3.63, 3.8) is 0 Å². The Morgan fingerprint density at radius 3 is 2.30 bits per heavy atom. The molecular weight excluding hydrogens is 345 g/mol. The normalized spacial score (nSPS) is 10.1. The van der Waals surface area contributed by atoms with E-state index in [4.69, 9.17) is 5.73 Å². The van der Waals surface area contributed by atoms with Crippen molar-refractivity contribution in [3.05, 3.63) is 75.8 Å². The summed E-state index contributed by atoms with van der Waals surface area (Å²) in [5.41, 5.74) is 7.08. The molecular formula is C20H14FN5O. The second kappa shape index (κ2) is 7.03. The summed E-state index contributed by atoms with van der Waals surface area (Å²) in [6.07, 6.45) is 0. The Bertz CT molecular complexity index is 1150. The zero-order chi connectivity index (χ0) is 19.6. The maximum absolute atomic E-state index is 13.4. The predicted octanol–water partition coefficient (Wildman–Crippen LogP) is 3.27. The minimum absolute atomic E-state index is 0.0392. The first-order valence-corrected chi connectivity index (χ1v) is 7.92. The van der Waals surface area contributed by atoms with Crippen LogP contribution >= 0.6 is 0 Å². The standard InChI is InChI=1S/C20H14FN5O/c1-26(15-4-2-3-13(21)9-15)14-7-5-12(6-8-14)18-16(10-22)19(24)25-20(27)17(18)11-23/h2-9H,1H3,(H3,24,25,27). The summed E-state index contributed by atoms with van der Waals surface area (Å²) >= 11 is 0. The van der Waals surface area contributed by atoms with Gasteiger partial charge in [0.05, 0.1) is 0 Å². The Hall–Kier alpha value is -4.10. The van der Waals surface area contributed by atoms with E-state index < -0.39 is 5.56 Å². The molecule has 132 valence electrons. The number of anilines is 3. The highest BCUT2D eigenvalue weighted by Gasteiger charge is 2.18. The number of pyridine rings is 1. The Morgan fingerprint density at radius 1 is 1.04 bits per heavy atom. The monoisotopic (exact) mass is 359 g/mol. The fourth-order valence-electron chi connectivity index (χ4n) is 2.82. The van der Waals surface area contributed by atoms with Crippen LogP contribution in [0.25, 0.3) is 11.1 Å². The first-order valence-electron chi connectivity index (χ1n) is 7.92. The fraction of sp³-hybridized carbons (Fsp3) is 0.0500. The number of rotatable bonds is 3. The third-order valence-corrected chi connectivity index (χ3v) is 4.21. The van der Waals surface area contributed by atoms with Crippen molar-refractivity contribution in [2.24, 2.45) is 0 Å². The van der Waals surface area contributed by atoms with E-state index in [1.165, 1.54) is 12.1 Å². The molecule has 27 heavy (non-hydrogen) atoms. The lowest BCUT2D eigenvalue weighted by Crippen LogP contribution is -2.16. The Kier molecular flexibility index (Phi) is 4.61. The highest BCUT2D eigenvalue weighted by atomic mass is 19.1. The highest BCUT2D eigenvalue weighted by Crippen LogP contribution is 2.31. The summed E-state index contributed by atoms with van der Waals surface area (Å²) in [5.74, 6) is -0.426. The van der Waals surface area contributed by atoms with Crippen LogP contribution in [-0.2, 0) is 0 Å². The molecule has 7 heteroatoms. The van der Waals surface area contributed by atoms with Crippen LogP contribution < -0.4 is 16.2 Å². The lowest BCUT2D eigenvalue weighted by molar-refractivity contribution is 0.628. The van der Waals surface area contributed by atoms with Gasteiger partial charge in [-0.2, -0.15) is 10.5 Å². The summed E-state index contributed by atoms with van der Waals surface area (Å²) in [6, 6.07) is 16.8. The smallest absolute Gasteiger partial charge is 0.268 e. The van der Waals surface area contributed by atoms with Gasteiger partial charge >= 0.3 is 0 Å². The van der Waals surface area contributed by atoms with Gasteiger partial charge in [0.15, 0.2) is 0 Å². The number of aromatic nitrogens is 1. The molecule has 0 aliphatic carbocycles. The van der Waals surface area contributed by atoms with Gasteiger partial charge < -0.3 is 15.6 Å². The zero-order valence-electron chi connectivity index (χ0n) is 14.3. The SMILES string of the molecule is CN(c1ccc(-c2c(C#N)c(N)[nH]c(=O)c2C#N)cc1)c1cccc(F)c1. The number of benzene rings is 2. The number of nitriles is 2. The molecule has 3 N–H and O–H groups in total. The number of hydrogen-bond donors (Lipinski definition) is 2. The van der Waals surface area contributed by atoms with Crippen LogP contribution in [0.5, 0.6) is 0 Å². The van der Waals surface area contributed by atoms with E-state index in [0.29, 0.717) is 11.3 Å². The molecule has 3 aromatic rings. The van der Waals surface area contributed by atoms with Gasteiger partial charge in [0.25, 0.3) is 5.56 Å². The number of nitrogens with one attached hydrogen (secondary N) is 1. The fourth-order valence-corrected chi connectivity index (χ4v) is 2.82. The molecule has 0 spiro atoms. The molecule has 1 aromatic heterocycles. The molecule has 0 bridgehead atoms. The van der Waals surface area contributed by atoms with Gasteiger partial charge in [-0.15, -0.1) is 0 Å². The van der Waals surface area contributed by atoms with E-state index in [2.05, 4.69) is 4.98 Å². The molecule has 0 atom stereocenters. The average molecular weight is 359 g/mol. The van der Waals surface area contributed by atoms with E-state index in [1.807, 2.05) is 12.1 Å². The summed E-state index contributed by atoms with van der Waals surface area (Å²) in [6.45, 7) is 0. The molecule has 0 aliphatic rings. The van der Waals surface area contributed by atoms with Crippen molar-refractivity contribution in [2.45, 2.75) is 0 Å². The van der Waals surface area contributed by atoms with Crippen LogP contribution in [0.15, 0.2) is 53.3 Å². The third kappa shape index (κ3) is 3.22. The quantitative estimate of drug-likeness (QED) is 0.746. The molecule has 0 saturated heterocycles. The van der Waals surface area contributed by atoms with Gasteiger partial charge in [0.2, 0.25) is 0 Å². The summed E-state index contributed by atoms with van der Waals surface area (Å²) in [7, 11) is 1.79. The molecule has 0 amide bonds. The highest BCUT2D eigenvalue weighted by molar-refractivity contribution is 5.81. The van der Waals surface area contributed by atoms with Gasteiger partial charge in [-0.1, -0.05) is 18.2 Å². The maximum atomic E-state index is 13.4. The summed E-state index contributed by atoms with van der Waals surface area (Å²) in [4.78, 5) is 16.1. The minimum atomic E-state index is -0.648. The van der Waals surface area contributed by atoms with E-state index in [9.17, 15) is 19.7 Å². The maximum Gasteiger partial charge on any atom is 0.268 e. The van der Waals surface area contributed by atoms with Crippen LogP contribution in [0.4, 0.5) is 21.6 Å². The van der Waals surface area contributed by atoms with Crippen molar-refractivity contribution in [1.82, 2.24) is 4.98 Å². The zero-order valence-corrected chi connectivity index (χ0v) is 14.3. The van der Waals surface area contributed by atoms with Crippen LogP contribution in [0.2, 0.25) is 0 Å². The van der Waals surface area contributed by atoms with Gasteiger partial charge in [0.1, 0.15) is 34.9 Å². The van der Waals surface area contributed by atoms with Gasteiger partial charge in [-0.05, 0) is 35.9 Å². The largest absolute Gasteiger partial charge is 0.384 e. The lowest BCUT2D eigenvalue weighted by Gasteiger charge is -2.20. The molecule has 2 aromatic carbocycles. The minimum Gasteiger partial charge on any atom is -0.384 e. The van der Waals surface area contributed by atoms with Crippen molar-refractivity contribution in [2.75, 3.05) is 17.7 Å². The first-order chi connectivity index (χ1) is 13.0. The van der Waals surface area contributed by atoms with Crippen molar-refractivity contribution >= 4 is 17.2 Å². The Labute approximate surface area is 154 Å². The van der Waals surface area contributed by atoms with E-state index in [-0.39, 0.29) is 28.3 Å². The summed E-state index contributed by atoms with van der Waals surface area (Å²) in [5, 5.41) is 18.7. The van der Waals surface area contributed by atoms with Crippen LogP contribution in [-0.4, -0.2) is 12.0 Å². The molecule has 0 fully saturated rings. The number of H-pyrrole nitrogens is 1. The van der Waals surface area contributed by atoms with E-state index in [0.717, 1.165) is 5.69 Å². The molecule has 0 radical (unpaired) electrons. The second-order valence-corrected chi connectivity index (χ2v) is 5.80. The molecule has 6 nitrogen and oxygen atoms in total. The number of nitrogen functional groups attached to an aromatic ring is 1. The Morgan fingerprint density at radius 2 is 1.70 bits per heavy atom. The van der Waals surface area contributed by atoms with Crippen molar-refractivity contribution in [1.29, 1.82) is 10.5 Å². The van der Waals surface area contributed by atoms with Gasteiger partial charge in [0, 0.05) is 24.0 Å². The number of nitrogens with zero attached hydrogens (tertiary/aromatic N) is 3. The first kappa shape index (κ1) is 17.7. The molecule has 0 aliphatic heterocycles. The summed E-state index contributed by atoms with van der Waals surface area (Å²) < 4.78 is 13.4. The lowest BCUT2D eigenvalue weighted by atomic mass is 9.96. The molecule has 1 heterocycles. The predicted molar refractivity (Wildman–Crippen MR) is 101 cm³/mol. The number of halogens is 1. The van der Waals surface area contributed by atoms with Crippen LogP contribution in [0.1, 0.15) is 11.1 Å². The topological polar surface area (TPSA) is 110 Å². The second-order valence-electron chi connectivity index (χ2n) is 5.80. The molecule has 3 rings (SSSR count). The third-order valence-electron chi connectivity index (χ3n) is 4.21. The van der Waals surface area contributed by atoms with Crippen molar-refractivity contribution in [3.8, 4) is 23.3 Å². The molecule has 0 saturated carbocycles. The van der Waals surface area contributed by atoms with E-state index >= 15 is 0 Å². The number of nitrogens with two attached hydrogens (primary N) is 1. The average Bonchev–Trinajstić information content (AvgIpc) is 2.67. The number of aromatic amines is 1. The molecule has 0 unspecified atom stereocenters. The van der Waals surface area contributed by atoms with E-state index in [1.54, 1.807) is 48.3 Å². The number of hydrogen-bond acceptors (Lipinski definition) is 5. The Balaban J connectivity index is 2.08. The van der Waals surface area contributed by atoms with Crippen molar-refractivity contribution < 1.29 is 4.39 Å².